The average Bonchev–Trinajstić information content (AvgIpc) is 3.28. The van der Waals surface area contributed by atoms with E-state index < -0.39 is 5.91 Å². The predicted octanol–water partition coefficient (Wildman–Crippen LogP) is 3.71. The molecule has 1 heterocycles. The van der Waals surface area contributed by atoms with Crippen molar-refractivity contribution < 1.29 is 14.7 Å². The van der Waals surface area contributed by atoms with Gasteiger partial charge in [0.2, 0.25) is 0 Å². The maximum absolute atomic E-state index is 13.0. The van der Waals surface area contributed by atoms with Gasteiger partial charge in [-0.2, -0.15) is 5.10 Å². The molecule has 0 radical (unpaired) electrons. The second-order valence-corrected chi connectivity index (χ2v) is 7.52. The summed E-state index contributed by atoms with van der Waals surface area (Å²) in [5.74, 6) is -0.776. The second kappa shape index (κ2) is 9.82. The maximum atomic E-state index is 13.0. The molecule has 7 heteroatoms. The average molecular weight is 441 g/mol. The Morgan fingerprint density at radius 1 is 0.818 bits per heavy atom. The van der Waals surface area contributed by atoms with Crippen molar-refractivity contribution in [2.45, 2.75) is 6.92 Å². The van der Waals surface area contributed by atoms with E-state index in [1.165, 1.54) is 12.1 Å². The first-order chi connectivity index (χ1) is 16.0. The summed E-state index contributed by atoms with van der Waals surface area (Å²) in [5.41, 5.74) is 3.97. The van der Waals surface area contributed by atoms with Crippen LogP contribution in [0.25, 0.3) is 16.9 Å². The summed E-state index contributed by atoms with van der Waals surface area (Å²) in [6.07, 6.45) is 1.72. The van der Waals surface area contributed by atoms with Crippen molar-refractivity contribution in [2.24, 2.45) is 0 Å². The predicted molar refractivity (Wildman–Crippen MR) is 127 cm³/mol. The van der Waals surface area contributed by atoms with E-state index in [0.717, 1.165) is 16.8 Å². The molecule has 0 aliphatic heterocycles. The van der Waals surface area contributed by atoms with E-state index in [-0.39, 0.29) is 30.3 Å². The first-order valence-corrected chi connectivity index (χ1v) is 10.6. The summed E-state index contributed by atoms with van der Waals surface area (Å²) in [6, 6.07) is 23.7. The molecule has 0 saturated carbocycles. The number of phenols is 1. The van der Waals surface area contributed by atoms with E-state index in [0.29, 0.717) is 11.3 Å². The third kappa shape index (κ3) is 4.93. The molecule has 0 atom stereocenters. The standard InChI is InChI=1S/C26H24N4O3/c1-18-9-5-6-12-20(18)24-22(17-30(29-24)19-10-3-2-4-11-19)26(33)28-16-15-27-25(32)21-13-7-8-14-23(21)31/h2-14,17,31H,15-16H2,1H3,(H,27,32)(H,28,33). The summed E-state index contributed by atoms with van der Waals surface area (Å²) < 4.78 is 1.69. The van der Waals surface area contributed by atoms with Crippen LogP contribution in [0.1, 0.15) is 26.3 Å². The Morgan fingerprint density at radius 3 is 2.12 bits per heavy atom. The lowest BCUT2D eigenvalue weighted by Gasteiger charge is -2.09. The first kappa shape index (κ1) is 21.8. The van der Waals surface area contributed by atoms with Crippen LogP contribution in [0.5, 0.6) is 5.75 Å². The minimum absolute atomic E-state index is 0.0877. The van der Waals surface area contributed by atoms with Crippen molar-refractivity contribution in [1.29, 1.82) is 0 Å². The molecule has 1 aromatic heterocycles. The number of hydrogen-bond donors (Lipinski definition) is 3. The van der Waals surface area contributed by atoms with Crippen LogP contribution in [0, 0.1) is 6.92 Å². The molecule has 0 aliphatic carbocycles. The molecule has 0 saturated heterocycles. The van der Waals surface area contributed by atoms with Gasteiger partial charge in [-0.05, 0) is 36.8 Å². The number of aryl methyl sites for hydroxylation is 1. The molecule has 0 aliphatic rings. The number of nitrogens with zero attached hydrogens (tertiary/aromatic N) is 2. The van der Waals surface area contributed by atoms with Crippen LogP contribution in [-0.4, -0.2) is 39.8 Å². The number of nitrogens with one attached hydrogen (secondary N) is 2. The van der Waals surface area contributed by atoms with Crippen molar-refractivity contribution in [3.63, 3.8) is 0 Å². The molecule has 4 rings (SSSR count). The Balaban J connectivity index is 1.49. The normalized spacial score (nSPS) is 10.6. The fourth-order valence-electron chi connectivity index (χ4n) is 3.50. The fourth-order valence-corrected chi connectivity index (χ4v) is 3.50. The molecule has 7 nitrogen and oxygen atoms in total. The summed E-state index contributed by atoms with van der Waals surface area (Å²) >= 11 is 0. The van der Waals surface area contributed by atoms with Gasteiger partial charge in [0.25, 0.3) is 11.8 Å². The van der Waals surface area contributed by atoms with E-state index >= 15 is 0 Å². The van der Waals surface area contributed by atoms with Gasteiger partial charge in [0.1, 0.15) is 11.4 Å². The fraction of sp³-hybridized carbons (Fsp3) is 0.115. The highest BCUT2D eigenvalue weighted by atomic mass is 16.3. The van der Waals surface area contributed by atoms with Crippen molar-refractivity contribution >= 4 is 11.8 Å². The molecule has 33 heavy (non-hydrogen) atoms. The van der Waals surface area contributed by atoms with E-state index in [4.69, 9.17) is 5.10 Å². The number of benzene rings is 3. The number of carbonyl (C=O) groups excluding carboxylic acids is 2. The van der Waals surface area contributed by atoms with Crippen LogP contribution < -0.4 is 10.6 Å². The maximum Gasteiger partial charge on any atom is 0.255 e. The van der Waals surface area contributed by atoms with Gasteiger partial charge in [-0.1, -0.05) is 54.6 Å². The number of carbonyl (C=O) groups is 2. The van der Waals surface area contributed by atoms with Crippen LogP contribution in [-0.2, 0) is 0 Å². The van der Waals surface area contributed by atoms with Crippen LogP contribution in [0.2, 0.25) is 0 Å². The number of aromatic hydroxyl groups is 1. The van der Waals surface area contributed by atoms with Crippen molar-refractivity contribution in [3.05, 3.63) is 102 Å². The van der Waals surface area contributed by atoms with Crippen LogP contribution in [0.4, 0.5) is 0 Å². The van der Waals surface area contributed by atoms with E-state index in [1.54, 1.807) is 23.0 Å². The zero-order valence-corrected chi connectivity index (χ0v) is 18.2. The lowest BCUT2D eigenvalue weighted by molar-refractivity contribution is 0.0926. The number of hydrogen-bond acceptors (Lipinski definition) is 4. The van der Waals surface area contributed by atoms with Gasteiger partial charge in [-0.25, -0.2) is 4.68 Å². The van der Waals surface area contributed by atoms with Gasteiger partial charge in [0, 0.05) is 24.8 Å². The quantitative estimate of drug-likeness (QED) is 0.382. The number of phenolic OH excluding ortho intramolecular Hbond substituents is 1. The summed E-state index contributed by atoms with van der Waals surface area (Å²) in [6.45, 7) is 2.42. The van der Waals surface area contributed by atoms with Gasteiger partial charge in [0.05, 0.1) is 16.8 Å². The molecular formula is C26H24N4O3. The summed E-state index contributed by atoms with van der Waals surface area (Å²) in [5, 5.41) is 20.0. The van der Waals surface area contributed by atoms with Crippen molar-refractivity contribution in [1.82, 2.24) is 20.4 Å². The van der Waals surface area contributed by atoms with E-state index in [9.17, 15) is 14.7 Å². The van der Waals surface area contributed by atoms with Gasteiger partial charge in [0.15, 0.2) is 0 Å². The Kier molecular flexibility index (Phi) is 6.50. The molecule has 0 unspecified atom stereocenters. The summed E-state index contributed by atoms with van der Waals surface area (Å²) in [7, 11) is 0. The molecule has 3 aromatic carbocycles. The van der Waals surface area contributed by atoms with Crippen LogP contribution >= 0.6 is 0 Å². The number of amides is 2. The van der Waals surface area contributed by atoms with Gasteiger partial charge < -0.3 is 15.7 Å². The molecule has 0 fully saturated rings. The van der Waals surface area contributed by atoms with Crippen LogP contribution in [0.3, 0.4) is 0 Å². The number of para-hydroxylation sites is 2. The molecule has 4 aromatic rings. The van der Waals surface area contributed by atoms with Gasteiger partial charge in [-0.3, -0.25) is 9.59 Å². The zero-order chi connectivity index (χ0) is 23.2. The second-order valence-electron chi connectivity index (χ2n) is 7.52. The molecule has 2 amide bonds. The topological polar surface area (TPSA) is 96.3 Å². The number of rotatable bonds is 7. The highest BCUT2D eigenvalue weighted by molar-refractivity contribution is 6.00. The Hall–Kier alpha value is -4.39. The van der Waals surface area contributed by atoms with Crippen molar-refractivity contribution in [2.75, 3.05) is 13.1 Å². The van der Waals surface area contributed by atoms with Gasteiger partial charge >= 0.3 is 0 Å². The highest BCUT2D eigenvalue weighted by Gasteiger charge is 2.19. The Labute approximate surface area is 191 Å². The van der Waals surface area contributed by atoms with Crippen LogP contribution in [0.15, 0.2) is 85.1 Å². The molecule has 166 valence electrons. The summed E-state index contributed by atoms with van der Waals surface area (Å²) in [4.78, 5) is 25.3. The smallest absolute Gasteiger partial charge is 0.255 e. The minimum atomic E-state index is -0.403. The minimum Gasteiger partial charge on any atom is -0.507 e. The monoisotopic (exact) mass is 440 g/mol. The SMILES string of the molecule is Cc1ccccc1-c1nn(-c2ccccc2)cc1C(=O)NCCNC(=O)c1ccccc1O. The van der Waals surface area contributed by atoms with E-state index in [2.05, 4.69) is 10.6 Å². The lowest BCUT2D eigenvalue weighted by Crippen LogP contribution is -2.34. The first-order valence-electron chi connectivity index (χ1n) is 10.6. The molecular weight excluding hydrogens is 416 g/mol. The van der Waals surface area contributed by atoms with E-state index in [1.807, 2.05) is 61.5 Å². The zero-order valence-electron chi connectivity index (χ0n) is 18.2. The lowest BCUT2D eigenvalue weighted by atomic mass is 10.0. The number of aromatic nitrogens is 2. The molecule has 0 bridgehead atoms. The van der Waals surface area contributed by atoms with Crippen molar-refractivity contribution in [3.8, 4) is 22.7 Å². The highest BCUT2D eigenvalue weighted by Crippen LogP contribution is 2.26. The largest absolute Gasteiger partial charge is 0.507 e. The van der Waals surface area contributed by atoms with Gasteiger partial charge in [-0.15, -0.1) is 0 Å². The third-order valence-electron chi connectivity index (χ3n) is 5.22. The Morgan fingerprint density at radius 2 is 1.42 bits per heavy atom. The molecule has 3 N–H and O–H groups in total. The third-order valence-corrected chi connectivity index (χ3v) is 5.22. The Bertz CT molecular complexity index is 1280. The molecule has 0 spiro atoms.